The number of hydrogen-bond acceptors (Lipinski definition) is 5. The van der Waals surface area contributed by atoms with E-state index in [0.29, 0.717) is 5.82 Å². The minimum Gasteiger partial charge on any atom is -0.464 e. The molecule has 1 aromatic carbocycles. The van der Waals surface area contributed by atoms with Gasteiger partial charge in [0.15, 0.2) is 5.69 Å². The van der Waals surface area contributed by atoms with Gasteiger partial charge in [-0.1, -0.05) is 18.2 Å². The molecule has 0 radical (unpaired) electrons. The van der Waals surface area contributed by atoms with Crippen molar-refractivity contribution in [2.24, 2.45) is 7.05 Å². The third-order valence-corrected chi connectivity index (χ3v) is 3.67. The summed E-state index contributed by atoms with van der Waals surface area (Å²) in [6.45, 7) is 0. The number of amides is 1. The van der Waals surface area contributed by atoms with Gasteiger partial charge >= 0.3 is 5.97 Å². The first-order chi connectivity index (χ1) is 10.1. The van der Waals surface area contributed by atoms with Crippen LogP contribution in [0.25, 0.3) is 0 Å². The van der Waals surface area contributed by atoms with Gasteiger partial charge < -0.3 is 10.1 Å². The molecule has 21 heavy (non-hydrogen) atoms. The van der Waals surface area contributed by atoms with Crippen molar-refractivity contribution < 1.29 is 14.3 Å². The molecule has 0 aliphatic carbocycles. The molecule has 110 valence electrons. The summed E-state index contributed by atoms with van der Waals surface area (Å²) >= 11 is 1.44. The zero-order valence-corrected chi connectivity index (χ0v) is 12.5. The van der Waals surface area contributed by atoms with Crippen LogP contribution in [-0.4, -0.2) is 34.5 Å². The lowest BCUT2D eigenvalue weighted by Crippen LogP contribution is -2.16. The average molecular weight is 305 g/mol. The second-order valence-corrected chi connectivity index (χ2v) is 5.23. The molecular weight excluding hydrogens is 290 g/mol. The molecule has 0 spiro atoms. The molecule has 7 heteroatoms. The van der Waals surface area contributed by atoms with E-state index in [0.717, 1.165) is 4.90 Å². The van der Waals surface area contributed by atoms with Crippen LogP contribution in [0.2, 0.25) is 0 Å². The van der Waals surface area contributed by atoms with Gasteiger partial charge in [-0.3, -0.25) is 9.48 Å². The third-order valence-electron chi connectivity index (χ3n) is 2.65. The molecule has 1 N–H and O–H groups in total. The molecule has 1 heterocycles. The van der Waals surface area contributed by atoms with Crippen molar-refractivity contribution >= 4 is 29.5 Å². The van der Waals surface area contributed by atoms with Crippen LogP contribution in [-0.2, 0) is 16.6 Å². The second kappa shape index (κ2) is 6.94. The maximum absolute atomic E-state index is 11.9. The lowest BCUT2D eigenvalue weighted by molar-refractivity contribution is -0.113. The summed E-state index contributed by atoms with van der Waals surface area (Å²) in [6, 6.07) is 11.1. The highest BCUT2D eigenvalue weighted by molar-refractivity contribution is 8.00. The number of aryl methyl sites for hydroxylation is 1. The Balaban J connectivity index is 1.93. The molecule has 0 atom stereocenters. The Bertz CT molecular complexity index is 640. The van der Waals surface area contributed by atoms with E-state index in [-0.39, 0.29) is 17.4 Å². The summed E-state index contributed by atoms with van der Waals surface area (Å²) < 4.78 is 6.01. The van der Waals surface area contributed by atoms with Gasteiger partial charge in [-0.2, -0.15) is 5.10 Å². The maximum atomic E-state index is 11.9. The van der Waals surface area contributed by atoms with Crippen LogP contribution >= 0.6 is 11.8 Å². The Morgan fingerprint density at radius 1 is 1.33 bits per heavy atom. The van der Waals surface area contributed by atoms with E-state index in [1.807, 2.05) is 30.3 Å². The number of esters is 1. The lowest BCUT2D eigenvalue weighted by atomic mass is 10.4. The number of ether oxygens (including phenoxy) is 1. The highest BCUT2D eigenvalue weighted by Crippen LogP contribution is 2.17. The number of hydrogen-bond donors (Lipinski definition) is 1. The summed E-state index contributed by atoms with van der Waals surface area (Å²) in [4.78, 5) is 24.3. The molecule has 0 aliphatic rings. The normalized spacial score (nSPS) is 10.2. The first-order valence-electron chi connectivity index (χ1n) is 6.20. The number of carbonyl (C=O) groups excluding carboxylic acids is 2. The number of benzene rings is 1. The third kappa shape index (κ3) is 4.09. The van der Waals surface area contributed by atoms with Crippen molar-refractivity contribution in [3.8, 4) is 0 Å². The highest BCUT2D eigenvalue weighted by Gasteiger charge is 2.14. The van der Waals surface area contributed by atoms with Crippen molar-refractivity contribution in [3.05, 3.63) is 42.1 Å². The SMILES string of the molecule is COC(=O)c1cc(NC(=O)CSc2ccccc2)n(C)n1. The fourth-order valence-corrected chi connectivity index (χ4v) is 2.35. The zero-order chi connectivity index (χ0) is 15.2. The smallest absolute Gasteiger partial charge is 0.358 e. The van der Waals surface area contributed by atoms with E-state index in [2.05, 4.69) is 15.2 Å². The van der Waals surface area contributed by atoms with Gasteiger partial charge in [-0.15, -0.1) is 11.8 Å². The molecule has 0 bridgehead atoms. The Kier molecular flexibility index (Phi) is 4.99. The van der Waals surface area contributed by atoms with E-state index in [4.69, 9.17) is 0 Å². The monoisotopic (exact) mass is 305 g/mol. The Morgan fingerprint density at radius 2 is 2.05 bits per heavy atom. The lowest BCUT2D eigenvalue weighted by Gasteiger charge is -2.04. The Morgan fingerprint density at radius 3 is 2.71 bits per heavy atom. The maximum Gasteiger partial charge on any atom is 0.358 e. The quantitative estimate of drug-likeness (QED) is 0.675. The molecule has 2 aromatic rings. The summed E-state index contributed by atoms with van der Waals surface area (Å²) in [5, 5.41) is 6.69. The van der Waals surface area contributed by atoms with Crippen LogP contribution in [0.4, 0.5) is 5.82 Å². The topological polar surface area (TPSA) is 73.2 Å². The average Bonchev–Trinajstić information content (AvgIpc) is 2.86. The number of aromatic nitrogens is 2. The summed E-state index contributed by atoms with van der Waals surface area (Å²) in [6.07, 6.45) is 0. The number of rotatable bonds is 5. The summed E-state index contributed by atoms with van der Waals surface area (Å²) in [7, 11) is 2.93. The van der Waals surface area contributed by atoms with Crippen molar-refractivity contribution in [2.75, 3.05) is 18.2 Å². The minimum absolute atomic E-state index is 0.158. The molecule has 0 saturated carbocycles. The summed E-state index contributed by atoms with van der Waals surface area (Å²) in [5.41, 5.74) is 0.158. The summed E-state index contributed by atoms with van der Waals surface area (Å²) in [5.74, 6) is 0.0324. The largest absolute Gasteiger partial charge is 0.464 e. The Hall–Kier alpha value is -2.28. The molecule has 1 amide bonds. The second-order valence-electron chi connectivity index (χ2n) is 4.18. The molecular formula is C14H15N3O3S. The fraction of sp³-hybridized carbons (Fsp3) is 0.214. The van der Waals surface area contributed by atoms with Crippen molar-refractivity contribution in [1.82, 2.24) is 9.78 Å². The van der Waals surface area contributed by atoms with E-state index in [1.54, 1.807) is 7.05 Å². The molecule has 1 aromatic heterocycles. The number of methoxy groups -OCH3 is 1. The van der Waals surface area contributed by atoms with Crippen molar-refractivity contribution in [3.63, 3.8) is 0 Å². The number of carbonyl (C=O) groups is 2. The first kappa shape index (κ1) is 15.1. The van der Waals surface area contributed by atoms with Crippen molar-refractivity contribution in [1.29, 1.82) is 0 Å². The molecule has 6 nitrogen and oxygen atoms in total. The number of nitrogens with one attached hydrogen (secondary N) is 1. The standard InChI is InChI=1S/C14H15N3O3S/c1-17-12(8-11(16-17)14(19)20-2)15-13(18)9-21-10-6-4-3-5-7-10/h3-8H,9H2,1-2H3,(H,15,18). The van der Waals surface area contributed by atoms with E-state index < -0.39 is 5.97 Å². The van der Waals surface area contributed by atoms with Crippen LogP contribution in [0.3, 0.4) is 0 Å². The van der Waals surface area contributed by atoms with Gasteiger partial charge in [0.05, 0.1) is 12.9 Å². The van der Waals surface area contributed by atoms with Gasteiger partial charge in [0.25, 0.3) is 0 Å². The van der Waals surface area contributed by atoms with Gasteiger partial charge in [0.2, 0.25) is 5.91 Å². The highest BCUT2D eigenvalue weighted by atomic mass is 32.2. The van der Waals surface area contributed by atoms with E-state index in [9.17, 15) is 9.59 Å². The van der Waals surface area contributed by atoms with Gasteiger partial charge in [-0.25, -0.2) is 4.79 Å². The van der Waals surface area contributed by atoms with Crippen molar-refractivity contribution in [2.45, 2.75) is 4.90 Å². The zero-order valence-electron chi connectivity index (χ0n) is 11.7. The van der Waals surface area contributed by atoms with Gasteiger partial charge in [0, 0.05) is 18.0 Å². The predicted octanol–water partition coefficient (Wildman–Crippen LogP) is 1.94. The van der Waals surface area contributed by atoms with Crippen LogP contribution < -0.4 is 5.32 Å². The fourth-order valence-electron chi connectivity index (χ4n) is 1.63. The molecule has 0 unspecified atom stereocenters. The first-order valence-corrected chi connectivity index (χ1v) is 7.19. The van der Waals surface area contributed by atoms with Gasteiger partial charge in [-0.05, 0) is 12.1 Å². The molecule has 2 rings (SSSR count). The number of nitrogens with zero attached hydrogens (tertiary/aromatic N) is 2. The van der Waals surface area contributed by atoms with Crippen LogP contribution in [0.15, 0.2) is 41.3 Å². The Labute approximate surface area is 126 Å². The van der Waals surface area contributed by atoms with Crippen LogP contribution in [0, 0.1) is 0 Å². The minimum atomic E-state index is -0.537. The number of thioether (sulfide) groups is 1. The number of anilines is 1. The van der Waals surface area contributed by atoms with E-state index >= 15 is 0 Å². The molecule has 0 fully saturated rings. The molecule has 0 saturated heterocycles. The molecule has 0 aliphatic heterocycles. The van der Waals surface area contributed by atoms with Crippen LogP contribution in [0.5, 0.6) is 0 Å². The van der Waals surface area contributed by atoms with Crippen LogP contribution in [0.1, 0.15) is 10.5 Å². The predicted molar refractivity (Wildman–Crippen MR) is 80.3 cm³/mol. The van der Waals surface area contributed by atoms with Gasteiger partial charge in [0.1, 0.15) is 5.82 Å². The van der Waals surface area contributed by atoms with E-state index in [1.165, 1.54) is 29.6 Å².